The molecule has 92 valence electrons. The van der Waals surface area contributed by atoms with E-state index in [0.717, 1.165) is 16.8 Å². The van der Waals surface area contributed by atoms with Gasteiger partial charge in [-0.2, -0.15) is 0 Å². The van der Waals surface area contributed by atoms with Gasteiger partial charge in [0.2, 0.25) is 0 Å². The second-order valence-electron chi connectivity index (χ2n) is 4.47. The fraction of sp³-hybridized carbons (Fsp3) is 0.462. The van der Waals surface area contributed by atoms with Crippen molar-refractivity contribution in [2.24, 2.45) is 0 Å². The van der Waals surface area contributed by atoms with Crippen LogP contribution in [-0.4, -0.2) is 36.9 Å². The predicted molar refractivity (Wildman–Crippen MR) is 65.5 cm³/mol. The van der Waals surface area contributed by atoms with E-state index in [1.54, 1.807) is 0 Å². The van der Waals surface area contributed by atoms with E-state index < -0.39 is 12.0 Å². The van der Waals surface area contributed by atoms with Crippen molar-refractivity contribution in [1.82, 2.24) is 0 Å². The summed E-state index contributed by atoms with van der Waals surface area (Å²) in [5.74, 6) is -0.830. The van der Waals surface area contributed by atoms with Crippen molar-refractivity contribution in [2.45, 2.75) is 19.9 Å². The highest BCUT2D eigenvalue weighted by molar-refractivity contribution is 5.78. The number of hydrogen-bond donors (Lipinski definition) is 1. The Morgan fingerprint density at radius 1 is 1.35 bits per heavy atom. The number of morpholine rings is 1. The smallest absolute Gasteiger partial charge is 0.328 e. The lowest BCUT2D eigenvalue weighted by molar-refractivity contribution is -0.141. The molecule has 0 aromatic heterocycles. The van der Waals surface area contributed by atoms with Gasteiger partial charge in [-0.1, -0.05) is 6.07 Å². The van der Waals surface area contributed by atoms with Crippen LogP contribution in [0.25, 0.3) is 0 Å². The number of nitrogens with zero attached hydrogens (tertiary/aromatic N) is 1. The fourth-order valence-corrected chi connectivity index (χ4v) is 2.23. The molecule has 0 amide bonds. The maximum atomic E-state index is 11.2. The average molecular weight is 235 g/mol. The molecule has 1 aromatic rings. The molecule has 1 aliphatic heterocycles. The van der Waals surface area contributed by atoms with Gasteiger partial charge in [0.25, 0.3) is 0 Å². The van der Waals surface area contributed by atoms with Crippen molar-refractivity contribution in [3.63, 3.8) is 0 Å². The second-order valence-corrected chi connectivity index (χ2v) is 4.47. The minimum atomic E-state index is -0.830. The molecule has 1 heterocycles. The number of carboxylic acid groups (broad SMARTS) is 1. The zero-order valence-electron chi connectivity index (χ0n) is 10.1. The summed E-state index contributed by atoms with van der Waals surface area (Å²) >= 11 is 0. The van der Waals surface area contributed by atoms with Gasteiger partial charge < -0.3 is 14.7 Å². The van der Waals surface area contributed by atoms with Crippen LogP contribution >= 0.6 is 0 Å². The van der Waals surface area contributed by atoms with Crippen molar-refractivity contribution in [2.75, 3.05) is 24.7 Å². The first kappa shape index (κ1) is 11.9. The van der Waals surface area contributed by atoms with Gasteiger partial charge in [0.15, 0.2) is 6.04 Å². The maximum Gasteiger partial charge on any atom is 0.328 e. The van der Waals surface area contributed by atoms with Gasteiger partial charge in [-0.05, 0) is 37.1 Å². The number of aryl methyl sites for hydroxylation is 2. The second kappa shape index (κ2) is 4.75. The van der Waals surface area contributed by atoms with Crippen LogP contribution in [0.5, 0.6) is 0 Å². The number of carbonyl (C=O) groups is 1. The molecule has 1 fully saturated rings. The Hall–Kier alpha value is -1.55. The molecular weight excluding hydrogens is 218 g/mol. The van der Waals surface area contributed by atoms with Gasteiger partial charge in [-0.15, -0.1) is 0 Å². The van der Waals surface area contributed by atoms with Crippen LogP contribution in [-0.2, 0) is 9.53 Å². The van der Waals surface area contributed by atoms with E-state index in [4.69, 9.17) is 4.74 Å². The Morgan fingerprint density at radius 2 is 2.00 bits per heavy atom. The summed E-state index contributed by atoms with van der Waals surface area (Å²) in [6.45, 7) is 5.50. The first-order valence-electron chi connectivity index (χ1n) is 5.73. The third kappa shape index (κ3) is 2.58. The molecule has 4 heteroatoms. The molecule has 1 unspecified atom stereocenters. The molecule has 1 aromatic carbocycles. The van der Waals surface area contributed by atoms with Crippen LogP contribution in [0.15, 0.2) is 18.2 Å². The summed E-state index contributed by atoms with van der Waals surface area (Å²) in [6, 6.07) is 5.55. The monoisotopic (exact) mass is 235 g/mol. The summed E-state index contributed by atoms with van der Waals surface area (Å²) in [7, 11) is 0. The van der Waals surface area contributed by atoms with Crippen LogP contribution in [0.1, 0.15) is 11.1 Å². The predicted octanol–water partition coefficient (Wildman–Crippen LogP) is 1.59. The molecule has 4 nitrogen and oxygen atoms in total. The van der Waals surface area contributed by atoms with Gasteiger partial charge in [0.05, 0.1) is 13.2 Å². The summed E-state index contributed by atoms with van der Waals surface area (Å²) in [6.07, 6.45) is 0. The molecule has 1 atom stereocenters. The first-order valence-corrected chi connectivity index (χ1v) is 5.73. The Kier molecular flexibility index (Phi) is 3.33. The zero-order valence-corrected chi connectivity index (χ0v) is 10.1. The highest BCUT2D eigenvalue weighted by Crippen LogP contribution is 2.22. The van der Waals surface area contributed by atoms with E-state index in [-0.39, 0.29) is 6.61 Å². The molecule has 1 aliphatic rings. The Bertz CT molecular complexity index is 410. The van der Waals surface area contributed by atoms with Gasteiger partial charge in [0.1, 0.15) is 0 Å². The van der Waals surface area contributed by atoms with Crippen molar-refractivity contribution in [3.8, 4) is 0 Å². The Labute approximate surface area is 101 Å². The van der Waals surface area contributed by atoms with Crippen molar-refractivity contribution in [1.29, 1.82) is 0 Å². The van der Waals surface area contributed by atoms with Crippen LogP contribution < -0.4 is 4.90 Å². The largest absolute Gasteiger partial charge is 0.480 e. The number of hydrogen-bond acceptors (Lipinski definition) is 3. The normalized spacial score (nSPS) is 20.4. The van der Waals surface area contributed by atoms with E-state index in [0.29, 0.717) is 13.2 Å². The Balaban J connectivity index is 2.32. The lowest BCUT2D eigenvalue weighted by Crippen LogP contribution is -2.50. The van der Waals surface area contributed by atoms with E-state index in [1.165, 1.54) is 0 Å². The maximum absolute atomic E-state index is 11.2. The quantitative estimate of drug-likeness (QED) is 0.845. The number of rotatable bonds is 2. The molecule has 17 heavy (non-hydrogen) atoms. The highest BCUT2D eigenvalue weighted by Gasteiger charge is 2.29. The molecular formula is C13H17NO3. The van der Waals surface area contributed by atoms with Crippen molar-refractivity contribution < 1.29 is 14.6 Å². The van der Waals surface area contributed by atoms with Crippen LogP contribution in [0.4, 0.5) is 5.69 Å². The van der Waals surface area contributed by atoms with Gasteiger partial charge in [0, 0.05) is 12.2 Å². The number of anilines is 1. The van der Waals surface area contributed by atoms with Crippen LogP contribution in [0, 0.1) is 13.8 Å². The van der Waals surface area contributed by atoms with Crippen molar-refractivity contribution in [3.05, 3.63) is 29.3 Å². The molecule has 0 saturated carbocycles. The number of aliphatic carboxylic acids is 1. The topological polar surface area (TPSA) is 49.8 Å². The number of ether oxygens (including phenoxy) is 1. The van der Waals surface area contributed by atoms with E-state index >= 15 is 0 Å². The number of carboxylic acids is 1. The minimum Gasteiger partial charge on any atom is -0.480 e. The molecule has 0 radical (unpaired) electrons. The molecule has 0 bridgehead atoms. The van der Waals surface area contributed by atoms with Gasteiger partial charge >= 0.3 is 5.97 Å². The molecule has 2 rings (SSSR count). The zero-order chi connectivity index (χ0) is 12.4. The standard InChI is InChI=1S/C13H17NO3/c1-9-5-10(2)7-11(6-9)14-3-4-17-8-12(14)13(15)16/h5-7,12H,3-4,8H2,1-2H3,(H,15,16). The van der Waals surface area contributed by atoms with Crippen molar-refractivity contribution >= 4 is 11.7 Å². The summed E-state index contributed by atoms with van der Waals surface area (Å²) in [5, 5.41) is 9.19. The third-order valence-electron chi connectivity index (χ3n) is 2.95. The summed E-state index contributed by atoms with van der Waals surface area (Å²) in [4.78, 5) is 13.1. The van der Waals surface area contributed by atoms with E-state index in [2.05, 4.69) is 6.07 Å². The molecule has 0 spiro atoms. The van der Waals surface area contributed by atoms with E-state index in [9.17, 15) is 9.90 Å². The Morgan fingerprint density at radius 3 is 2.59 bits per heavy atom. The van der Waals surface area contributed by atoms with Crippen LogP contribution in [0.2, 0.25) is 0 Å². The molecule has 1 saturated heterocycles. The fourth-order valence-electron chi connectivity index (χ4n) is 2.23. The SMILES string of the molecule is Cc1cc(C)cc(N2CCOCC2C(=O)O)c1. The van der Waals surface area contributed by atoms with Crippen LogP contribution in [0.3, 0.4) is 0 Å². The molecule has 0 aliphatic carbocycles. The van der Waals surface area contributed by atoms with Gasteiger partial charge in [-0.25, -0.2) is 4.79 Å². The molecule has 1 N–H and O–H groups in total. The lowest BCUT2D eigenvalue weighted by atomic mass is 10.1. The lowest BCUT2D eigenvalue weighted by Gasteiger charge is -2.35. The summed E-state index contributed by atoms with van der Waals surface area (Å²) < 4.78 is 5.23. The number of benzene rings is 1. The highest BCUT2D eigenvalue weighted by atomic mass is 16.5. The summed E-state index contributed by atoms with van der Waals surface area (Å²) in [5.41, 5.74) is 3.27. The first-order chi connectivity index (χ1) is 8.08. The van der Waals surface area contributed by atoms with E-state index in [1.807, 2.05) is 30.9 Å². The minimum absolute atomic E-state index is 0.252. The van der Waals surface area contributed by atoms with Gasteiger partial charge in [-0.3, -0.25) is 0 Å². The average Bonchev–Trinajstić information content (AvgIpc) is 2.27. The third-order valence-corrected chi connectivity index (χ3v) is 2.95.